The average Bonchev–Trinajstić information content (AvgIpc) is 3.31. The second-order valence-electron chi connectivity index (χ2n) is 7.87. The van der Waals surface area contributed by atoms with E-state index >= 15 is 0 Å². The number of aryl methyl sites for hydroxylation is 1. The minimum Gasteiger partial charge on any atom is -0.324 e. The van der Waals surface area contributed by atoms with Crippen LogP contribution < -0.4 is 5.32 Å². The Labute approximate surface area is 197 Å². The summed E-state index contributed by atoms with van der Waals surface area (Å²) in [6.45, 7) is 1.85. The highest BCUT2D eigenvalue weighted by molar-refractivity contribution is 5.65. The summed E-state index contributed by atoms with van der Waals surface area (Å²) in [5.41, 5.74) is 6.26. The standard InChI is InChI=1S/C27H21N7/c1-19-30-18-34(33-19)25-9-7-24(8-10-25)31-27-29-12-11-26(32-27)23-15-21(14-22(16-23)17-28)13-20-5-3-2-4-6-20/h2-12,14-16,18H,13H2,1H3,(H,29,31,32). The van der Waals surface area contributed by atoms with Crippen LogP contribution in [-0.2, 0) is 6.42 Å². The molecule has 2 heterocycles. The zero-order valence-electron chi connectivity index (χ0n) is 18.6. The first-order valence-electron chi connectivity index (χ1n) is 10.8. The molecule has 7 nitrogen and oxygen atoms in total. The van der Waals surface area contributed by atoms with E-state index in [1.807, 2.05) is 67.6 Å². The maximum absolute atomic E-state index is 9.55. The molecule has 7 heteroatoms. The lowest BCUT2D eigenvalue weighted by Gasteiger charge is -2.10. The van der Waals surface area contributed by atoms with Crippen molar-refractivity contribution in [1.82, 2.24) is 24.7 Å². The van der Waals surface area contributed by atoms with Crippen molar-refractivity contribution in [2.75, 3.05) is 5.32 Å². The summed E-state index contributed by atoms with van der Waals surface area (Å²) < 4.78 is 1.73. The SMILES string of the molecule is Cc1ncn(-c2ccc(Nc3nccc(-c4cc(C#N)cc(Cc5ccccc5)c4)n3)cc2)n1. The minimum atomic E-state index is 0.480. The van der Waals surface area contributed by atoms with Crippen LogP contribution >= 0.6 is 0 Å². The van der Waals surface area contributed by atoms with Crippen molar-refractivity contribution in [3.05, 3.63) is 114 Å². The number of rotatable bonds is 6. The number of hydrogen-bond acceptors (Lipinski definition) is 6. The first-order valence-corrected chi connectivity index (χ1v) is 10.8. The lowest BCUT2D eigenvalue weighted by molar-refractivity contribution is 0.863. The Morgan fingerprint density at radius 1 is 0.912 bits per heavy atom. The number of nitriles is 1. The van der Waals surface area contributed by atoms with Crippen molar-refractivity contribution in [2.45, 2.75) is 13.3 Å². The van der Waals surface area contributed by atoms with E-state index in [1.54, 1.807) is 17.2 Å². The average molecular weight is 444 g/mol. The van der Waals surface area contributed by atoms with Crippen molar-refractivity contribution < 1.29 is 0 Å². The second kappa shape index (κ2) is 9.35. The van der Waals surface area contributed by atoms with Gasteiger partial charge in [-0.05, 0) is 73.0 Å². The minimum absolute atomic E-state index is 0.480. The molecule has 1 N–H and O–H groups in total. The topological polar surface area (TPSA) is 92.3 Å². The van der Waals surface area contributed by atoms with Gasteiger partial charge in [0.25, 0.3) is 0 Å². The normalized spacial score (nSPS) is 10.6. The fourth-order valence-electron chi connectivity index (χ4n) is 3.71. The number of hydrogen-bond donors (Lipinski definition) is 1. The zero-order chi connectivity index (χ0) is 23.3. The van der Waals surface area contributed by atoms with Crippen molar-refractivity contribution >= 4 is 11.6 Å². The van der Waals surface area contributed by atoms with Gasteiger partial charge in [0, 0.05) is 17.4 Å². The van der Waals surface area contributed by atoms with Crippen molar-refractivity contribution in [2.24, 2.45) is 0 Å². The molecule has 0 aliphatic heterocycles. The Balaban J connectivity index is 1.38. The molecule has 0 aliphatic carbocycles. The number of nitrogens with one attached hydrogen (secondary N) is 1. The van der Waals surface area contributed by atoms with Crippen LogP contribution in [0.2, 0.25) is 0 Å². The van der Waals surface area contributed by atoms with Gasteiger partial charge in [-0.3, -0.25) is 0 Å². The maximum atomic E-state index is 9.55. The summed E-state index contributed by atoms with van der Waals surface area (Å²) in [5.74, 6) is 1.20. The molecule has 5 rings (SSSR count). The third kappa shape index (κ3) is 4.81. The van der Waals surface area contributed by atoms with Gasteiger partial charge in [-0.25, -0.2) is 19.6 Å². The highest BCUT2D eigenvalue weighted by Crippen LogP contribution is 2.24. The molecular formula is C27H21N7. The van der Waals surface area contributed by atoms with Crippen LogP contribution in [0.25, 0.3) is 16.9 Å². The Kier molecular flexibility index (Phi) is 5.78. The molecule has 0 bridgehead atoms. The van der Waals surface area contributed by atoms with E-state index in [0.717, 1.165) is 40.4 Å². The number of nitrogens with zero attached hydrogens (tertiary/aromatic N) is 6. The van der Waals surface area contributed by atoms with Gasteiger partial charge in [0.1, 0.15) is 12.2 Å². The Morgan fingerprint density at radius 2 is 1.74 bits per heavy atom. The van der Waals surface area contributed by atoms with E-state index in [2.05, 4.69) is 49.6 Å². The van der Waals surface area contributed by atoms with Crippen LogP contribution in [0.15, 0.2) is 91.4 Å². The van der Waals surface area contributed by atoms with Crippen LogP contribution in [0.3, 0.4) is 0 Å². The van der Waals surface area contributed by atoms with Crippen LogP contribution in [0, 0.1) is 18.3 Å². The van der Waals surface area contributed by atoms with Crippen molar-refractivity contribution in [1.29, 1.82) is 5.26 Å². The molecule has 0 saturated carbocycles. The van der Waals surface area contributed by atoms with Gasteiger partial charge in [0.05, 0.1) is 23.0 Å². The van der Waals surface area contributed by atoms with Gasteiger partial charge in [-0.2, -0.15) is 10.4 Å². The lowest BCUT2D eigenvalue weighted by atomic mass is 9.99. The number of anilines is 2. The summed E-state index contributed by atoms with van der Waals surface area (Å²) in [6, 6.07) is 28.0. The zero-order valence-corrected chi connectivity index (χ0v) is 18.6. The predicted octanol–water partition coefficient (Wildman–Crippen LogP) is 5.24. The largest absolute Gasteiger partial charge is 0.324 e. The van der Waals surface area contributed by atoms with Gasteiger partial charge < -0.3 is 5.32 Å². The lowest BCUT2D eigenvalue weighted by Crippen LogP contribution is -2.00. The maximum Gasteiger partial charge on any atom is 0.227 e. The third-order valence-electron chi connectivity index (χ3n) is 5.32. The van der Waals surface area contributed by atoms with E-state index in [1.165, 1.54) is 5.56 Å². The van der Waals surface area contributed by atoms with Gasteiger partial charge in [-0.1, -0.05) is 30.3 Å². The molecule has 0 atom stereocenters. The molecule has 0 radical (unpaired) electrons. The monoisotopic (exact) mass is 443 g/mol. The van der Waals surface area contributed by atoms with Gasteiger partial charge in [-0.15, -0.1) is 0 Å². The Bertz CT molecular complexity index is 1470. The molecule has 34 heavy (non-hydrogen) atoms. The second-order valence-corrected chi connectivity index (χ2v) is 7.87. The molecule has 0 amide bonds. The highest BCUT2D eigenvalue weighted by Gasteiger charge is 2.08. The number of benzene rings is 3. The molecule has 5 aromatic rings. The Hall–Kier alpha value is -4.83. The van der Waals surface area contributed by atoms with E-state index in [9.17, 15) is 5.26 Å². The number of aromatic nitrogens is 5. The highest BCUT2D eigenvalue weighted by atomic mass is 15.3. The van der Waals surface area contributed by atoms with Gasteiger partial charge in [0.2, 0.25) is 5.95 Å². The molecular weight excluding hydrogens is 422 g/mol. The first kappa shape index (κ1) is 21.0. The van der Waals surface area contributed by atoms with Crippen molar-refractivity contribution in [3.63, 3.8) is 0 Å². The van der Waals surface area contributed by atoms with Crippen LogP contribution in [-0.4, -0.2) is 24.7 Å². The van der Waals surface area contributed by atoms with E-state index in [0.29, 0.717) is 11.5 Å². The van der Waals surface area contributed by atoms with Crippen LogP contribution in [0.4, 0.5) is 11.6 Å². The molecule has 3 aromatic carbocycles. The quantitative estimate of drug-likeness (QED) is 0.386. The van der Waals surface area contributed by atoms with Gasteiger partial charge in [0.15, 0.2) is 0 Å². The fraction of sp³-hybridized carbons (Fsp3) is 0.0741. The van der Waals surface area contributed by atoms with E-state index in [4.69, 9.17) is 0 Å². The summed E-state index contributed by atoms with van der Waals surface area (Å²) in [4.78, 5) is 13.2. The smallest absolute Gasteiger partial charge is 0.227 e. The summed E-state index contributed by atoms with van der Waals surface area (Å²) in [6.07, 6.45) is 4.15. The molecule has 2 aromatic heterocycles. The third-order valence-corrected chi connectivity index (χ3v) is 5.32. The van der Waals surface area contributed by atoms with Gasteiger partial charge >= 0.3 is 0 Å². The summed E-state index contributed by atoms with van der Waals surface area (Å²) >= 11 is 0. The molecule has 164 valence electrons. The summed E-state index contributed by atoms with van der Waals surface area (Å²) in [5, 5.41) is 17.1. The fourth-order valence-corrected chi connectivity index (χ4v) is 3.71. The van der Waals surface area contributed by atoms with E-state index in [-0.39, 0.29) is 0 Å². The van der Waals surface area contributed by atoms with Crippen molar-refractivity contribution in [3.8, 4) is 23.0 Å². The molecule has 0 aliphatic rings. The molecule has 0 spiro atoms. The molecule has 0 saturated heterocycles. The summed E-state index contributed by atoms with van der Waals surface area (Å²) in [7, 11) is 0. The predicted molar refractivity (Wildman–Crippen MR) is 131 cm³/mol. The first-order chi connectivity index (χ1) is 16.7. The molecule has 0 fully saturated rings. The van der Waals surface area contributed by atoms with E-state index < -0.39 is 0 Å². The van der Waals surface area contributed by atoms with Crippen LogP contribution in [0.5, 0.6) is 0 Å². The van der Waals surface area contributed by atoms with Crippen LogP contribution in [0.1, 0.15) is 22.5 Å². The molecule has 0 unspecified atom stereocenters. The Morgan fingerprint density at radius 3 is 2.47 bits per heavy atom.